The Morgan fingerprint density at radius 3 is 2.47 bits per heavy atom. The summed E-state index contributed by atoms with van der Waals surface area (Å²) in [5.41, 5.74) is -0.135. The highest BCUT2D eigenvalue weighted by Crippen LogP contribution is 2.42. The molecule has 0 spiro atoms. The van der Waals surface area contributed by atoms with Crippen LogP contribution in [0.1, 0.15) is 19.4 Å². The average Bonchev–Trinajstić information content (AvgIpc) is 2.40. The summed E-state index contributed by atoms with van der Waals surface area (Å²) in [4.78, 5) is 13.4. The Morgan fingerprint density at radius 2 is 1.95 bits per heavy atom. The van der Waals surface area contributed by atoms with Crippen LogP contribution in [0.3, 0.4) is 0 Å². The third-order valence-electron chi connectivity index (χ3n) is 3.21. The van der Waals surface area contributed by atoms with Crippen molar-refractivity contribution in [1.82, 2.24) is 0 Å². The highest BCUT2D eigenvalue weighted by atomic mass is 32.2. The number of carbonyl (C=O) groups excluding carboxylic acids is 1. The lowest BCUT2D eigenvalue weighted by molar-refractivity contribution is -0.121. The van der Waals surface area contributed by atoms with Crippen LogP contribution in [0.5, 0.6) is 0 Å². The molecule has 1 aromatic carbocycles. The number of hydrogen-bond donors (Lipinski definition) is 2. The van der Waals surface area contributed by atoms with Crippen LogP contribution in [-0.4, -0.2) is 21.4 Å². The van der Waals surface area contributed by atoms with Gasteiger partial charge in [0, 0.05) is 13.1 Å². The molecule has 0 atom stereocenters. The monoisotopic (exact) mass is 287 g/mol. The van der Waals surface area contributed by atoms with Gasteiger partial charge in [0.25, 0.3) is 10.2 Å². The average molecular weight is 287 g/mol. The van der Waals surface area contributed by atoms with Crippen LogP contribution in [0.2, 0.25) is 0 Å². The number of likely N-dealkylation sites (N-methyl/N-ethyl adjacent to an activating group) is 1. The van der Waals surface area contributed by atoms with E-state index >= 15 is 0 Å². The molecule has 0 saturated carbocycles. The Kier molecular flexibility index (Phi) is 2.83. The van der Waals surface area contributed by atoms with E-state index in [1.165, 1.54) is 11.0 Å². The topological polar surface area (TPSA) is 92.5 Å². The molecular formula is C11H14FN3O3S. The van der Waals surface area contributed by atoms with Gasteiger partial charge in [0.2, 0.25) is 5.91 Å². The van der Waals surface area contributed by atoms with Gasteiger partial charge in [-0.1, -0.05) is 0 Å². The maximum atomic E-state index is 13.8. The Balaban J connectivity index is 2.62. The van der Waals surface area contributed by atoms with Gasteiger partial charge in [-0.2, -0.15) is 8.42 Å². The molecule has 1 amide bonds. The number of fused-ring (bicyclic) bond motifs is 1. The molecular weight excluding hydrogens is 273 g/mol. The minimum atomic E-state index is -4.07. The van der Waals surface area contributed by atoms with Crippen molar-refractivity contribution in [3.63, 3.8) is 0 Å². The van der Waals surface area contributed by atoms with Crippen LogP contribution < -0.4 is 14.8 Å². The predicted molar refractivity (Wildman–Crippen MR) is 69.6 cm³/mol. The fourth-order valence-corrected chi connectivity index (χ4v) is 2.68. The Morgan fingerprint density at radius 1 is 1.37 bits per heavy atom. The number of anilines is 2. The van der Waals surface area contributed by atoms with Crippen molar-refractivity contribution in [3.8, 4) is 0 Å². The van der Waals surface area contributed by atoms with Gasteiger partial charge in [-0.15, -0.1) is 0 Å². The van der Waals surface area contributed by atoms with Gasteiger partial charge in [0.1, 0.15) is 5.82 Å². The molecule has 2 rings (SSSR count). The van der Waals surface area contributed by atoms with E-state index in [2.05, 4.69) is 0 Å². The molecule has 0 radical (unpaired) electrons. The third-order valence-corrected chi connectivity index (χ3v) is 3.72. The van der Waals surface area contributed by atoms with Gasteiger partial charge < -0.3 is 4.90 Å². The number of nitrogens with one attached hydrogen (secondary N) is 1. The Hall–Kier alpha value is -1.67. The van der Waals surface area contributed by atoms with E-state index in [-0.39, 0.29) is 11.6 Å². The van der Waals surface area contributed by atoms with E-state index < -0.39 is 21.4 Å². The first-order valence-corrected chi connectivity index (χ1v) is 7.01. The highest BCUT2D eigenvalue weighted by molar-refractivity contribution is 7.90. The number of nitrogens with zero attached hydrogens (tertiary/aromatic N) is 1. The van der Waals surface area contributed by atoms with E-state index in [0.717, 1.165) is 6.07 Å². The summed E-state index contributed by atoms with van der Waals surface area (Å²) >= 11 is 0. The predicted octanol–water partition coefficient (Wildman–Crippen LogP) is 0.695. The first kappa shape index (κ1) is 13.8. The second kappa shape index (κ2) is 3.91. The van der Waals surface area contributed by atoms with Gasteiger partial charge >= 0.3 is 0 Å². The lowest BCUT2D eigenvalue weighted by Crippen LogP contribution is -2.33. The first-order chi connectivity index (χ1) is 8.54. The summed E-state index contributed by atoms with van der Waals surface area (Å²) in [6.45, 7) is 3.38. The summed E-state index contributed by atoms with van der Waals surface area (Å²) in [5.74, 6) is -0.972. The summed E-state index contributed by atoms with van der Waals surface area (Å²) in [7, 11) is -2.53. The third kappa shape index (κ3) is 2.17. The highest BCUT2D eigenvalue weighted by Gasteiger charge is 2.43. The van der Waals surface area contributed by atoms with Crippen molar-refractivity contribution in [3.05, 3.63) is 23.5 Å². The second-order valence-corrected chi connectivity index (χ2v) is 6.28. The number of rotatable bonds is 2. The van der Waals surface area contributed by atoms with Crippen LogP contribution in [0.4, 0.5) is 15.8 Å². The minimum absolute atomic E-state index is 0.186. The molecule has 0 saturated heterocycles. The minimum Gasteiger partial charge on any atom is -0.314 e. The van der Waals surface area contributed by atoms with Crippen LogP contribution >= 0.6 is 0 Å². The summed E-state index contributed by atoms with van der Waals surface area (Å²) in [5, 5.41) is 4.82. The summed E-state index contributed by atoms with van der Waals surface area (Å²) in [6, 6.07) is 2.42. The lowest BCUT2D eigenvalue weighted by Gasteiger charge is -2.16. The number of amides is 1. The van der Waals surface area contributed by atoms with Crippen LogP contribution in [0.25, 0.3) is 0 Å². The van der Waals surface area contributed by atoms with E-state index in [1.54, 1.807) is 20.9 Å². The lowest BCUT2D eigenvalue weighted by atomic mass is 9.86. The van der Waals surface area contributed by atoms with Gasteiger partial charge in [-0.3, -0.25) is 9.52 Å². The SMILES string of the molecule is CN1C(=O)C(C)(C)c2cc(NS(N)(=O)=O)c(F)cc21. The quantitative estimate of drug-likeness (QED) is 0.838. The molecule has 0 aromatic heterocycles. The van der Waals surface area contributed by atoms with Gasteiger partial charge in [-0.25, -0.2) is 9.53 Å². The maximum Gasteiger partial charge on any atom is 0.296 e. The first-order valence-electron chi connectivity index (χ1n) is 5.47. The molecule has 6 nitrogen and oxygen atoms in total. The van der Waals surface area contributed by atoms with E-state index in [9.17, 15) is 17.6 Å². The van der Waals surface area contributed by atoms with Crippen LogP contribution in [0.15, 0.2) is 12.1 Å². The fourth-order valence-electron chi connectivity index (χ4n) is 2.22. The van der Waals surface area contributed by atoms with Crippen LogP contribution in [0, 0.1) is 5.82 Å². The Labute approximate surface area is 110 Å². The number of nitrogens with two attached hydrogens (primary N) is 1. The van der Waals surface area contributed by atoms with E-state index in [4.69, 9.17) is 5.14 Å². The van der Waals surface area contributed by atoms with Gasteiger partial charge in [0.05, 0.1) is 16.8 Å². The molecule has 1 heterocycles. The number of halogens is 1. The van der Waals surface area contributed by atoms with Gasteiger partial charge in [0.15, 0.2) is 0 Å². The molecule has 0 unspecified atom stereocenters. The molecule has 1 aliphatic rings. The second-order valence-electron chi connectivity index (χ2n) is 4.99. The number of carbonyl (C=O) groups is 1. The zero-order valence-corrected chi connectivity index (χ0v) is 11.5. The Bertz CT molecular complexity index is 670. The molecule has 19 heavy (non-hydrogen) atoms. The van der Waals surface area contributed by atoms with Crippen molar-refractivity contribution in [2.24, 2.45) is 5.14 Å². The zero-order chi connectivity index (χ0) is 14.6. The van der Waals surface area contributed by atoms with E-state index in [0.29, 0.717) is 11.3 Å². The molecule has 8 heteroatoms. The molecule has 3 N–H and O–H groups in total. The van der Waals surface area contributed by atoms with Gasteiger partial charge in [-0.05, 0) is 25.5 Å². The fraction of sp³-hybridized carbons (Fsp3) is 0.364. The van der Waals surface area contributed by atoms with E-state index in [1.807, 2.05) is 4.72 Å². The van der Waals surface area contributed by atoms with Crippen molar-refractivity contribution >= 4 is 27.5 Å². The molecule has 0 aliphatic carbocycles. The number of benzene rings is 1. The standard InChI is InChI=1S/C11H14FN3O3S/c1-11(2)6-4-8(14-19(13,17)18)7(12)5-9(6)15(3)10(11)16/h4-5,14H,1-3H3,(H2,13,17,18). The molecule has 1 aliphatic heterocycles. The maximum absolute atomic E-state index is 13.8. The smallest absolute Gasteiger partial charge is 0.296 e. The molecule has 0 bridgehead atoms. The largest absolute Gasteiger partial charge is 0.314 e. The van der Waals surface area contributed by atoms with Crippen molar-refractivity contribution < 1.29 is 17.6 Å². The zero-order valence-electron chi connectivity index (χ0n) is 10.7. The molecule has 1 aromatic rings. The van der Waals surface area contributed by atoms with Crippen LogP contribution in [-0.2, 0) is 20.4 Å². The van der Waals surface area contributed by atoms with Crippen molar-refractivity contribution in [2.45, 2.75) is 19.3 Å². The number of hydrogen-bond acceptors (Lipinski definition) is 3. The van der Waals surface area contributed by atoms with Crippen molar-refractivity contribution in [2.75, 3.05) is 16.7 Å². The summed E-state index contributed by atoms with van der Waals surface area (Å²) < 4.78 is 37.6. The molecule has 0 fully saturated rings. The summed E-state index contributed by atoms with van der Waals surface area (Å²) in [6.07, 6.45) is 0. The normalized spacial score (nSPS) is 17.5. The molecule has 104 valence electrons. The van der Waals surface area contributed by atoms with Crippen molar-refractivity contribution in [1.29, 1.82) is 0 Å².